The average molecular weight is 570 g/mol. The second-order valence-corrected chi connectivity index (χ2v) is 9.23. The number of hydrogen-bond donors (Lipinski definition) is 0. The second kappa shape index (κ2) is 9.28. The van der Waals surface area contributed by atoms with Crippen LogP contribution in [-0.2, 0) is 17.8 Å². The summed E-state index contributed by atoms with van der Waals surface area (Å²) >= 11 is 6.80. The van der Waals surface area contributed by atoms with Crippen molar-refractivity contribution in [3.05, 3.63) is 78.7 Å². The van der Waals surface area contributed by atoms with Crippen molar-refractivity contribution in [3.8, 4) is 5.75 Å². The molecule has 0 aromatic heterocycles. The summed E-state index contributed by atoms with van der Waals surface area (Å²) in [4.78, 5) is 25.4. The van der Waals surface area contributed by atoms with Crippen LogP contribution in [0.3, 0.4) is 0 Å². The van der Waals surface area contributed by atoms with E-state index in [0.717, 1.165) is 43.6 Å². The van der Waals surface area contributed by atoms with Crippen LogP contribution in [0.15, 0.2) is 58.4 Å². The van der Waals surface area contributed by atoms with Gasteiger partial charge in [0.15, 0.2) is 0 Å². The van der Waals surface area contributed by atoms with E-state index < -0.39 is 0 Å². The van der Waals surface area contributed by atoms with Gasteiger partial charge in [-0.1, -0.05) is 18.2 Å². The minimum atomic E-state index is -0.282. The summed E-state index contributed by atoms with van der Waals surface area (Å²) in [5.41, 5.74) is 2.86. The Morgan fingerprint density at radius 3 is 2.57 bits per heavy atom. The zero-order valence-corrected chi connectivity index (χ0v) is 19.6. The van der Waals surface area contributed by atoms with E-state index in [9.17, 15) is 9.59 Å². The Morgan fingerprint density at radius 2 is 1.96 bits per heavy atom. The van der Waals surface area contributed by atoms with Gasteiger partial charge in [-0.15, -0.1) is 6.58 Å². The molecule has 2 aromatic rings. The molecular formula is C21H17BrINO3S. The van der Waals surface area contributed by atoms with Crippen LogP contribution in [0.5, 0.6) is 5.75 Å². The lowest BCUT2D eigenvalue weighted by molar-refractivity contribution is -0.121. The fourth-order valence-electron chi connectivity index (χ4n) is 2.66. The molecule has 1 aliphatic rings. The number of halogens is 2. The van der Waals surface area contributed by atoms with Crippen molar-refractivity contribution < 1.29 is 14.3 Å². The number of amides is 2. The van der Waals surface area contributed by atoms with Crippen LogP contribution in [0.4, 0.5) is 4.79 Å². The van der Waals surface area contributed by atoms with Crippen LogP contribution < -0.4 is 4.74 Å². The monoisotopic (exact) mass is 569 g/mol. The van der Waals surface area contributed by atoms with E-state index in [1.165, 1.54) is 10.6 Å². The molecule has 1 aliphatic heterocycles. The van der Waals surface area contributed by atoms with Gasteiger partial charge in [0, 0.05) is 10.6 Å². The molecule has 0 radical (unpaired) electrons. The number of carbonyl (C=O) groups is 2. The quantitative estimate of drug-likeness (QED) is 0.242. The molecular weight excluding hydrogens is 553 g/mol. The summed E-state index contributed by atoms with van der Waals surface area (Å²) in [6.45, 7) is 4.28. The molecule has 7 heteroatoms. The van der Waals surface area contributed by atoms with Crippen molar-refractivity contribution in [2.24, 2.45) is 0 Å². The maximum absolute atomic E-state index is 12.1. The molecule has 1 fully saturated rings. The standard InChI is InChI=1S/C21H17BrINO3S/c1-3-4-15-9-14(11-18-20(25)24(2)21(26)28-18)10-17(22)19(15)27-12-13-5-7-16(23)8-6-13/h3,5-11H,1,4,12H2,2H3/b18-11-. The molecule has 4 nitrogen and oxygen atoms in total. The maximum Gasteiger partial charge on any atom is 0.293 e. The number of likely N-dealkylation sites (N-methyl/N-ethyl adjacent to an activating group) is 1. The van der Waals surface area contributed by atoms with Crippen molar-refractivity contribution in [1.29, 1.82) is 0 Å². The number of carbonyl (C=O) groups excluding carboxylic acids is 2. The van der Waals surface area contributed by atoms with E-state index in [4.69, 9.17) is 4.74 Å². The Hall–Kier alpha value is -1.58. The number of allylic oxidation sites excluding steroid dienone is 1. The average Bonchev–Trinajstić information content (AvgIpc) is 2.89. The molecule has 144 valence electrons. The Bertz CT molecular complexity index is 972. The lowest BCUT2D eigenvalue weighted by Crippen LogP contribution is -2.22. The maximum atomic E-state index is 12.1. The SMILES string of the molecule is C=CCc1cc(/C=C2\SC(=O)N(C)C2=O)cc(Br)c1OCc1ccc(I)cc1. The first-order valence-corrected chi connectivity index (χ1v) is 11.1. The Balaban J connectivity index is 1.87. The van der Waals surface area contributed by atoms with Gasteiger partial charge in [0.25, 0.3) is 11.1 Å². The lowest BCUT2D eigenvalue weighted by Gasteiger charge is -2.14. The highest BCUT2D eigenvalue weighted by Gasteiger charge is 2.31. The second-order valence-electron chi connectivity index (χ2n) is 6.14. The predicted octanol–water partition coefficient (Wildman–Crippen LogP) is 6.03. The summed E-state index contributed by atoms with van der Waals surface area (Å²) in [5, 5.41) is -0.265. The van der Waals surface area contributed by atoms with Crippen molar-refractivity contribution >= 4 is 67.5 Å². The highest BCUT2D eigenvalue weighted by atomic mass is 127. The molecule has 1 heterocycles. The van der Waals surface area contributed by atoms with Crippen LogP contribution in [0.1, 0.15) is 16.7 Å². The third-order valence-electron chi connectivity index (χ3n) is 4.09. The number of thioether (sulfide) groups is 1. The molecule has 3 rings (SSSR count). The molecule has 0 N–H and O–H groups in total. The van der Waals surface area contributed by atoms with Gasteiger partial charge < -0.3 is 4.74 Å². The van der Waals surface area contributed by atoms with Crippen LogP contribution >= 0.6 is 50.3 Å². The molecule has 0 atom stereocenters. The van der Waals surface area contributed by atoms with Crippen molar-refractivity contribution in [3.63, 3.8) is 0 Å². The van der Waals surface area contributed by atoms with Gasteiger partial charge in [-0.05, 0) is 104 Å². The summed E-state index contributed by atoms with van der Waals surface area (Å²) in [7, 11) is 1.49. The number of imide groups is 1. The van der Waals surface area contributed by atoms with E-state index in [0.29, 0.717) is 17.9 Å². The topological polar surface area (TPSA) is 46.6 Å². The number of hydrogen-bond acceptors (Lipinski definition) is 4. The smallest absolute Gasteiger partial charge is 0.293 e. The van der Waals surface area contributed by atoms with Gasteiger partial charge in [-0.2, -0.15) is 0 Å². The predicted molar refractivity (Wildman–Crippen MR) is 125 cm³/mol. The first kappa shape index (κ1) is 21.1. The highest BCUT2D eigenvalue weighted by Crippen LogP contribution is 2.35. The van der Waals surface area contributed by atoms with Crippen LogP contribution in [0, 0.1) is 3.57 Å². The zero-order chi connectivity index (χ0) is 20.3. The number of rotatable bonds is 6. The van der Waals surface area contributed by atoms with Gasteiger partial charge in [-0.25, -0.2) is 0 Å². The largest absolute Gasteiger partial charge is 0.487 e. The number of benzene rings is 2. The Morgan fingerprint density at radius 1 is 1.25 bits per heavy atom. The van der Waals surface area contributed by atoms with E-state index in [1.807, 2.05) is 42.5 Å². The lowest BCUT2D eigenvalue weighted by atomic mass is 10.1. The molecule has 2 aromatic carbocycles. The van der Waals surface area contributed by atoms with Gasteiger partial charge >= 0.3 is 0 Å². The molecule has 2 amide bonds. The molecule has 0 unspecified atom stereocenters. The number of nitrogens with zero attached hydrogens (tertiary/aromatic N) is 1. The Labute approximate surface area is 190 Å². The van der Waals surface area contributed by atoms with E-state index >= 15 is 0 Å². The van der Waals surface area contributed by atoms with E-state index in [1.54, 1.807) is 6.08 Å². The van der Waals surface area contributed by atoms with Crippen molar-refractivity contribution in [1.82, 2.24) is 4.90 Å². The zero-order valence-electron chi connectivity index (χ0n) is 15.1. The third-order valence-corrected chi connectivity index (χ3v) is 6.36. The number of ether oxygens (including phenoxy) is 1. The molecule has 28 heavy (non-hydrogen) atoms. The third kappa shape index (κ3) is 4.87. The van der Waals surface area contributed by atoms with Crippen molar-refractivity contribution in [2.45, 2.75) is 13.0 Å². The first-order valence-electron chi connectivity index (χ1n) is 8.41. The van der Waals surface area contributed by atoms with E-state index in [-0.39, 0.29) is 11.1 Å². The highest BCUT2D eigenvalue weighted by molar-refractivity contribution is 14.1. The summed E-state index contributed by atoms with van der Waals surface area (Å²) in [6.07, 6.45) is 4.16. The molecule has 1 saturated heterocycles. The van der Waals surface area contributed by atoms with E-state index in [2.05, 4.69) is 45.1 Å². The van der Waals surface area contributed by atoms with Crippen molar-refractivity contribution in [2.75, 3.05) is 7.05 Å². The van der Waals surface area contributed by atoms with Gasteiger partial charge in [0.2, 0.25) is 0 Å². The molecule has 0 spiro atoms. The normalized spacial score (nSPS) is 15.4. The fourth-order valence-corrected chi connectivity index (χ4v) is 4.48. The van der Waals surface area contributed by atoms with Gasteiger partial charge in [0.1, 0.15) is 12.4 Å². The molecule has 0 bridgehead atoms. The van der Waals surface area contributed by atoms with Crippen LogP contribution in [0.2, 0.25) is 0 Å². The van der Waals surface area contributed by atoms with Gasteiger partial charge in [-0.3, -0.25) is 14.5 Å². The fraction of sp³-hybridized carbons (Fsp3) is 0.143. The molecule has 0 aliphatic carbocycles. The molecule has 0 saturated carbocycles. The van der Waals surface area contributed by atoms with Crippen LogP contribution in [-0.4, -0.2) is 23.1 Å². The minimum absolute atomic E-state index is 0.265. The Kier molecular flexibility index (Phi) is 7.00. The summed E-state index contributed by atoms with van der Waals surface area (Å²) in [5.74, 6) is 0.467. The first-order chi connectivity index (χ1) is 13.4. The van der Waals surface area contributed by atoms with Gasteiger partial charge in [0.05, 0.1) is 9.38 Å². The van der Waals surface area contributed by atoms with Crippen LogP contribution in [0.25, 0.3) is 6.08 Å². The summed E-state index contributed by atoms with van der Waals surface area (Å²) < 4.78 is 8.04. The minimum Gasteiger partial charge on any atom is -0.487 e. The summed E-state index contributed by atoms with van der Waals surface area (Å²) in [6, 6.07) is 12.0.